The summed E-state index contributed by atoms with van der Waals surface area (Å²) >= 11 is 15.0. The largest absolute Gasteiger partial charge is 0.455 e. The van der Waals surface area contributed by atoms with Crippen LogP contribution in [0.15, 0.2) is 28.7 Å². The van der Waals surface area contributed by atoms with E-state index in [-0.39, 0.29) is 6.61 Å². The Hall–Kier alpha value is -0.780. The predicted molar refractivity (Wildman–Crippen MR) is 80.9 cm³/mol. The lowest BCUT2D eigenvalue weighted by Gasteiger charge is -2.12. The molecule has 4 nitrogen and oxygen atoms in total. The molecule has 7 heteroatoms. The molecule has 2 rings (SSSR count). The van der Waals surface area contributed by atoms with E-state index in [9.17, 15) is 9.59 Å². The van der Waals surface area contributed by atoms with E-state index in [2.05, 4.69) is 21.2 Å². The number of alkyl halides is 2. The normalized spacial score (nSPS) is 23.0. The molecule has 1 aliphatic rings. The van der Waals surface area contributed by atoms with Crippen LogP contribution in [-0.4, -0.2) is 22.8 Å². The molecule has 1 atom stereocenters. The van der Waals surface area contributed by atoms with E-state index in [1.54, 1.807) is 25.1 Å². The van der Waals surface area contributed by atoms with Crippen molar-refractivity contribution in [1.29, 1.82) is 0 Å². The minimum Gasteiger partial charge on any atom is -0.455 e. The van der Waals surface area contributed by atoms with Gasteiger partial charge in [-0.05, 0) is 35.0 Å². The number of benzene rings is 1. The Morgan fingerprint density at radius 2 is 2.00 bits per heavy atom. The topological polar surface area (TPSA) is 55.4 Å². The van der Waals surface area contributed by atoms with Crippen LogP contribution in [-0.2, 0) is 14.3 Å². The van der Waals surface area contributed by atoms with Gasteiger partial charge in [0.2, 0.25) is 0 Å². The number of hydrogen-bond donors (Lipinski definition) is 1. The molecule has 0 heterocycles. The number of para-hydroxylation sites is 1. The number of carbonyl (C=O) groups is 2. The molecule has 0 radical (unpaired) electrons. The van der Waals surface area contributed by atoms with Crippen LogP contribution in [0.5, 0.6) is 0 Å². The Labute approximate surface area is 134 Å². The zero-order valence-electron chi connectivity index (χ0n) is 10.6. The molecule has 20 heavy (non-hydrogen) atoms. The van der Waals surface area contributed by atoms with Crippen molar-refractivity contribution in [1.82, 2.24) is 0 Å². The van der Waals surface area contributed by atoms with Crippen LogP contribution in [0.25, 0.3) is 0 Å². The summed E-state index contributed by atoms with van der Waals surface area (Å²) in [6.07, 6.45) is 0.327. The summed E-state index contributed by atoms with van der Waals surface area (Å²) in [5.41, 5.74) is -0.320. The van der Waals surface area contributed by atoms with Crippen LogP contribution in [0.4, 0.5) is 5.69 Å². The van der Waals surface area contributed by atoms with Crippen LogP contribution in [0, 0.1) is 5.41 Å². The Bertz CT molecular complexity index is 564. The molecular formula is C13H12BrCl2NO3. The molecule has 0 unspecified atom stereocenters. The first-order chi connectivity index (χ1) is 9.26. The second-order valence-corrected chi connectivity index (χ2v) is 7.16. The molecule has 1 aromatic carbocycles. The van der Waals surface area contributed by atoms with E-state index >= 15 is 0 Å². The van der Waals surface area contributed by atoms with Gasteiger partial charge in [0.05, 0.1) is 5.69 Å². The zero-order valence-corrected chi connectivity index (χ0v) is 13.7. The van der Waals surface area contributed by atoms with Crippen molar-refractivity contribution >= 4 is 56.7 Å². The van der Waals surface area contributed by atoms with E-state index in [1.807, 2.05) is 6.07 Å². The fourth-order valence-corrected chi connectivity index (χ4v) is 2.73. The maximum Gasteiger partial charge on any atom is 0.315 e. The minimum atomic E-state index is -1.09. The monoisotopic (exact) mass is 379 g/mol. The third-order valence-electron chi connectivity index (χ3n) is 3.19. The van der Waals surface area contributed by atoms with Crippen molar-refractivity contribution in [2.24, 2.45) is 5.41 Å². The van der Waals surface area contributed by atoms with E-state index in [1.165, 1.54) is 0 Å². The summed E-state index contributed by atoms with van der Waals surface area (Å²) < 4.78 is 4.59. The fraction of sp³-hybridized carbons (Fsp3) is 0.385. The first-order valence-electron chi connectivity index (χ1n) is 5.86. The fourth-order valence-electron chi connectivity index (χ4n) is 1.66. The molecule has 1 amide bonds. The van der Waals surface area contributed by atoms with Gasteiger partial charge in [-0.1, -0.05) is 12.1 Å². The van der Waals surface area contributed by atoms with Gasteiger partial charge in [0.1, 0.15) is 9.75 Å². The van der Waals surface area contributed by atoms with E-state index in [4.69, 9.17) is 27.9 Å². The number of ether oxygens (including phenoxy) is 1. The number of hydrogen-bond acceptors (Lipinski definition) is 3. The minimum absolute atomic E-state index is 0.327. The highest BCUT2D eigenvalue weighted by atomic mass is 79.9. The Balaban J connectivity index is 1.85. The summed E-state index contributed by atoms with van der Waals surface area (Å²) in [6, 6.07) is 7.14. The van der Waals surface area contributed by atoms with Gasteiger partial charge in [-0.2, -0.15) is 0 Å². The van der Waals surface area contributed by atoms with Crippen molar-refractivity contribution in [3.05, 3.63) is 28.7 Å². The van der Waals surface area contributed by atoms with Gasteiger partial charge >= 0.3 is 5.97 Å². The highest BCUT2D eigenvalue weighted by molar-refractivity contribution is 9.10. The summed E-state index contributed by atoms with van der Waals surface area (Å²) in [7, 11) is 0. The van der Waals surface area contributed by atoms with Crippen molar-refractivity contribution < 1.29 is 14.3 Å². The van der Waals surface area contributed by atoms with Gasteiger partial charge in [-0.15, -0.1) is 23.2 Å². The lowest BCUT2D eigenvalue weighted by Crippen LogP contribution is -2.26. The number of rotatable bonds is 4. The van der Waals surface area contributed by atoms with Crippen LogP contribution < -0.4 is 5.32 Å². The van der Waals surface area contributed by atoms with Crippen LogP contribution in [0.1, 0.15) is 13.3 Å². The molecule has 0 aliphatic heterocycles. The number of halogens is 3. The third kappa shape index (κ3) is 3.10. The quantitative estimate of drug-likeness (QED) is 0.642. The number of carbonyl (C=O) groups excluding carboxylic acids is 2. The van der Waals surface area contributed by atoms with E-state index in [0.29, 0.717) is 12.1 Å². The maximum atomic E-state index is 11.8. The van der Waals surface area contributed by atoms with E-state index in [0.717, 1.165) is 4.47 Å². The van der Waals surface area contributed by atoms with Crippen molar-refractivity contribution in [3.8, 4) is 0 Å². The van der Waals surface area contributed by atoms with Crippen molar-refractivity contribution in [3.63, 3.8) is 0 Å². The third-order valence-corrected chi connectivity index (χ3v) is 4.98. The maximum absolute atomic E-state index is 11.8. The summed E-state index contributed by atoms with van der Waals surface area (Å²) in [4.78, 5) is 23.5. The molecule has 0 spiro atoms. The molecular weight excluding hydrogens is 369 g/mol. The Morgan fingerprint density at radius 1 is 1.40 bits per heavy atom. The number of nitrogens with one attached hydrogen (secondary N) is 1. The molecule has 1 fully saturated rings. The molecule has 1 aliphatic carbocycles. The predicted octanol–water partition coefficient (Wildman–Crippen LogP) is 3.51. The second-order valence-electron chi connectivity index (χ2n) is 4.82. The van der Waals surface area contributed by atoms with Crippen LogP contribution >= 0.6 is 39.1 Å². The summed E-state index contributed by atoms with van der Waals surface area (Å²) in [5, 5.41) is 2.63. The molecule has 1 saturated carbocycles. The second kappa shape index (κ2) is 5.54. The Kier molecular flexibility index (Phi) is 4.33. The molecule has 108 valence electrons. The SMILES string of the molecule is C[C@]1(C(=O)OCC(=O)Nc2ccccc2Br)CC1(Cl)Cl. The number of esters is 1. The van der Waals surface area contributed by atoms with Gasteiger partial charge in [0.15, 0.2) is 6.61 Å². The lowest BCUT2D eigenvalue weighted by molar-refractivity contribution is -0.152. The van der Waals surface area contributed by atoms with Crippen molar-refractivity contribution in [2.75, 3.05) is 11.9 Å². The first kappa shape index (κ1) is 15.6. The highest BCUT2D eigenvalue weighted by Crippen LogP contribution is 2.64. The van der Waals surface area contributed by atoms with Gasteiger partial charge in [0, 0.05) is 10.9 Å². The van der Waals surface area contributed by atoms with Gasteiger partial charge in [-0.3, -0.25) is 9.59 Å². The van der Waals surface area contributed by atoms with Crippen molar-refractivity contribution in [2.45, 2.75) is 17.7 Å². The molecule has 1 N–H and O–H groups in total. The highest BCUT2D eigenvalue weighted by Gasteiger charge is 2.69. The van der Waals surface area contributed by atoms with E-state index < -0.39 is 21.6 Å². The summed E-state index contributed by atoms with van der Waals surface area (Å²) in [5.74, 6) is -0.992. The standard InChI is InChI=1S/C13H12BrCl2NO3/c1-12(7-13(12,15)16)11(19)20-6-10(18)17-9-5-3-2-4-8(9)14/h2-5H,6-7H2,1H3,(H,17,18)/t12-/m1/s1. The molecule has 1 aromatic rings. The smallest absolute Gasteiger partial charge is 0.315 e. The summed E-state index contributed by atoms with van der Waals surface area (Å²) in [6.45, 7) is 1.24. The molecule has 0 bridgehead atoms. The lowest BCUT2D eigenvalue weighted by atomic mass is 10.1. The average Bonchev–Trinajstić information content (AvgIpc) is 2.90. The number of anilines is 1. The van der Waals surface area contributed by atoms with Gasteiger partial charge in [-0.25, -0.2) is 0 Å². The van der Waals surface area contributed by atoms with Gasteiger partial charge < -0.3 is 10.1 Å². The van der Waals surface area contributed by atoms with Crippen LogP contribution in [0.3, 0.4) is 0 Å². The Morgan fingerprint density at radius 3 is 2.55 bits per heavy atom. The van der Waals surface area contributed by atoms with Gasteiger partial charge in [0.25, 0.3) is 5.91 Å². The average molecular weight is 381 g/mol. The molecule has 0 saturated heterocycles. The van der Waals surface area contributed by atoms with Crippen LogP contribution in [0.2, 0.25) is 0 Å². The molecule has 0 aromatic heterocycles. The number of amides is 1. The first-order valence-corrected chi connectivity index (χ1v) is 7.40. The zero-order chi connectivity index (χ0) is 15.0.